The molecule has 0 aromatic heterocycles. The Bertz CT molecular complexity index is 513. The van der Waals surface area contributed by atoms with E-state index in [1.165, 1.54) is 24.8 Å². The van der Waals surface area contributed by atoms with E-state index in [1.54, 1.807) is 0 Å². The highest BCUT2D eigenvalue weighted by molar-refractivity contribution is 5.91. The predicted octanol–water partition coefficient (Wildman–Crippen LogP) is 3.10. The van der Waals surface area contributed by atoms with E-state index in [-0.39, 0.29) is 16.9 Å². The number of carbonyl (C=O) groups excluding carboxylic acids is 1. The summed E-state index contributed by atoms with van der Waals surface area (Å²) >= 11 is 0. The predicted molar refractivity (Wildman–Crippen MR) is 89.9 cm³/mol. The van der Waals surface area contributed by atoms with Gasteiger partial charge in [0.05, 0.1) is 5.41 Å². The molecule has 3 nitrogen and oxygen atoms in total. The maximum Gasteiger partial charge on any atom is 0.230 e. The van der Waals surface area contributed by atoms with E-state index in [9.17, 15) is 4.79 Å². The minimum absolute atomic E-state index is 0.0445. The highest BCUT2D eigenvalue weighted by Crippen LogP contribution is 2.48. The van der Waals surface area contributed by atoms with Crippen LogP contribution >= 0.6 is 0 Å². The van der Waals surface area contributed by atoms with Gasteiger partial charge in [0.2, 0.25) is 5.91 Å². The average Bonchev–Trinajstić information content (AvgIpc) is 3.36. The Balaban J connectivity index is 1.60. The zero-order valence-corrected chi connectivity index (χ0v) is 13.9. The quantitative estimate of drug-likeness (QED) is 0.906. The lowest BCUT2D eigenvalue weighted by Gasteiger charge is -2.41. The van der Waals surface area contributed by atoms with Gasteiger partial charge in [0.15, 0.2) is 0 Å². The third kappa shape index (κ3) is 3.05. The first-order valence-electron chi connectivity index (χ1n) is 8.64. The number of benzene rings is 1. The van der Waals surface area contributed by atoms with Crippen molar-refractivity contribution in [2.45, 2.75) is 56.9 Å². The second-order valence-electron chi connectivity index (χ2n) is 7.49. The highest BCUT2D eigenvalue weighted by atomic mass is 16.2. The van der Waals surface area contributed by atoms with Gasteiger partial charge < -0.3 is 5.32 Å². The van der Waals surface area contributed by atoms with Crippen molar-refractivity contribution in [3.8, 4) is 0 Å². The molecule has 0 radical (unpaired) electrons. The molecule has 0 atom stereocenters. The zero-order valence-electron chi connectivity index (χ0n) is 13.9. The molecule has 1 N–H and O–H groups in total. The summed E-state index contributed by atoms with van der Waals surface area (Å²) in [5.74, 6) is 0.212. The summed E-state index contributed by atoms with van der Waals surface area (Å²) in [5.41, 5.74) is 0.963. The number of nitrogens with zero attached hydrogens (tertiary/aromatic N) is 1. The molecule has 0 bridgehead atoms. The molecule has 2 fully saturated rings. The lowest BCUT2D eigenvalue weighted by molar-refractivity contribution is -0.124. The number of hydrogen-bond donors (Lipinski definition) is 1. The Morgan fingerprint density at radius 1 is 1.14 bits per heavy atom. The number of amides is 1. The lowest BCUT2D eigenvalue weighted by Crippen LogP contribution is -2.54. The van der Waals surface area contributed by atoms with Crippen LogP contribution in [0.5, 0.6) is 0 Å². The maximum absolute atomic E-state index is 12.7. The fourth-order valence-corrected chi connectivity index (χ4v) is 3.61. The molecule has 1 saturated heterocycles. The van der Waals surface area contributed by atoms with Crippen LogP contribution in [-0.4, -0.2) is 36.0 Å². The van der Waals surface area contributed by atoms with Crippen LogP contribution in [0.25, 0.3) is 0 Å². The van der Waals surface area contributed by atoms with Gasteiger partial charge in [0.25, 0.3) is 0 Å². The molecule has 22 heavy (non-hydrogen) atoms. The van der Waals surface area contributed by atoms with Crippen LogP contribution in [0, 0.1) is 0 Å². The van der Waals surface area contributed by atoms with Crippen molar-refractivity contribution < 1.29 is 4.79 Å². The van der Waals surface area contributed by atoms with E-state index >= 15 is 0 Å². The summed E-state index contributed by atoms with van der Waals surface area (Å²) in [7, 11) is 0. The first-order valence-corrected chi connectivity index (χ1v) is 8.64. The third-order valence-electron chi connectivity index (χ3n) is 5.40. The molecular formula is C19H28N2O. The van der Waals surface area contributed by atoms with Gasteiger partial charge in [-0.1, -0.05) is 36.8 Å². The molecule has 3 heteroatoms. The smallest absolute Gasteiger partial charge is 0.230 e. The molecule has 2 aliphatic rings. The average molecular weight is 300 g/mol. The number of nitrogens with one attached hydrogen (secondary N) is 1. The van der Waals surface area contributed by atoms with Crippen LogP contribution < -0.4 is 5.32 Å². The van der Waals surface area contributed by atoms with Gasteiger partial charge in [-0.05, 0) is 58.2 Å². The highest BCUT2D eigenvalue weighted by Gasteiger charge is 2.51. The molecule has 1 amide bonds. The van der Waals surface area contributed by atoms with Crippen molar-refractivity contribution in [2.75, 3.05) is 19.6 Å². The van der Waals surface area contributed by atoms with Gasteiger partial charge in [-0.15, -0.1) is 0 Å². The van der Waals surface area contributed by atoms with Crippen molar-refractivity contribution in [2.24, 2.45) is 0 Å². The van der Waals surface area contributed by atoms with Crippen LogP contribution in [0.4, 0.5) is 0 Å². The molecule has 0 unspecified atom stereocenters. The third-order valence-corrected chi connectivity index (χ3v) is 5.40. The van der Waals surface area contributed by atoms with Crippen LogP contribution in [-0.2, 0) is 10.2 Å². The van der Waals surface area contributed by atoms with Crippen LogP contribution in [0.3, 0.4) is 0 Å². The Morgan fingerprint density at radius 3 is 2.36 bits per heavy atom. The van der Waals surface area contributed by atoms with Gasteiger partial charge >= 0.3 is 0 Å². The van der Waals surface area contributed by atoms with Crippen LogP contribution in [0.2, 0.25) is 0 Å². The first kappa shape index (κ1) is 15.5. The van der Waals surface area contributed by atoms with Gasteiger partial charge in [-0.2, -0.15) is 0 Å². The summed E-state index contributed by atoms with van der Waals surface area (Å²) in [4.78, 5) is 15.3. The summed E-state index contributed by atoms with van der Waals surface area (Å²) in [5, 5.41) is 3.24. The van der Waals surface area contributed by atoms with E-state index in [4.69, 9.17) is 0 Å². The van der Waals surface area contributed by atoms with Crippen molar-refractivity contribution in [1.29, 1.82) is 0 Å². The molecule has 1 aliphatic heterocycles. The standard InChI is InChI=1S/C19H28N2O/c1-18(2,21-13-7-4-8-14-21)15-20-17(22)19(11-12-19)16-9-5-3-6-10-16/h3,5-6,9-10H,4,7-8,11-15H2,1-2H3,(H,20,22). The Kier molecular flexibility index (Phi) is 4.26. The number of carbonyl (C=O) groups is 1. The van der Waals surface area contributed by atoms with Crippen molar-refractivity contribution >= 4 is 5.91 Å². The van der Waals surface area contributed by atoms with Gasteiger partial charge in [0.1, 0.15) is 0 Å². The molecule has 3 rings (SSSR count). The lowest BCUT2D eigenvalue weighted by atomic mass is 9.94. The van der Waals surface area contributed by atoms with Crippen LogP contribution in [0.15, 0.2) is 30.3 Å². The SMILES string of the molecule is CC(C)(CNC(=O)C1(c2ccccc2)CC1)N1CCCCC1. The minimum atomic E-state index is -0.251. The summed E-state index contributed by atoms with van der Waals surface area (Å²) in [6, 6.07) is 10.2. The van der Waals surface area contributed by atoms with Crippen molar-refractivity contribution in [3.63, 3.8) is 0 Å². The van der Waals surface area contributed by atoms with Crippen LogP contribution in [0.1, 0.15) is 51.5 Å². The minimum Gasteiger partial charge on any atom is -0.353 e. The normalized spacial score (nSPS) is 21.4. The fraction of sp³-hybridized carbons (Fsp3) is 0.632. The first-order chi connectivity index (χ1) is 10.5. The molecule has 1 aromatic rings. The molecule has 1 heterocycles. The molecule has 1 saturated carbocycles. The molecule has 1 aliphatic carbocycles. The van der Waals surface area contributed by atoms with Gasteiger partial charge in [-0.25, -0.2) is 0 Å². The number of hydrogen-bond acceptors (Lipinski definition) is 2. The molecule has 0 spiro atoms. The van der Waals surface area contributed by atoms with E-state index in [0.717, 1.165) is 32.5 Å². The molecule has 1 aromatic carbocycles. The second kappa shape index (κ2) is 6.04. The number of likely N-dealkylation sites (tertiary alicyclic amines) is 1. The number of piperidine rings is 1. The van der Waals surface area contributed by atoms with Crippen molar-refractivity contribution in [1.82, 2.24) is 10.2 Å². The largest absolute Gasteiger partial charge is 0.353 e. The Labute approximate surface area is 134 Å². The van der Waals surface area contributed by atoms with E-state index in [2.05, 4.69) is 36.2 Å². The molecule has 120 valence electrons. The zero-order chi connectivity index (χ0) is 15.6. The Morgan fingerprint density at radius 2 is 1.77 bits per heavy atom. The summed E-state index contributed by atoms with van der Waals surface area (Å²) < 4.78 is 0. The van der Waals surface area contributed by atoms with Gasteiger partial charge in [0, 0.05) is 12.1 Å². The fourth-order valence-electron chi connectivity index (χ4n) is 3.61. The van der Waals surface area contributed by atoms with E-state index in [0.29, 0.717) is 0 Å². The maximum atomic E-state index is 12.7. The van der Waals surface area contributed by atoms with E-state index in [1.807, 2.05) is 18.2 Å². The Hall–Kier alpha value is -1.35. The summed E-state index contributed by atoms with van der Waals surface area (Å²) in [6.45, 7) is 7.56. The topological polar surface area (TPSA) is 32.3 Å². The molecular weight excluding hydrogens is 272 g/mol. The second-order valence-corrected chi connectivity index (χ2v) is 7.49. The summed E-state index contributed by atoms with van der Waals surface area (Å²) in [6.07, 6.45) is 5.87. The number of rotatable bonds is 5. The van der Waals surface area contributed by atoms with Crippen molar-refractivity contribution in [3.05, 3.63) is 35.9 Å². The van der Waals surface area contributed by atoms with Gasteiger partial charge in [-0.3, -0.25) is 9.69 Å². The van der Waals surface area contributed by atoms with E-state index < -0.39 is 0 Å². The monoisotopic (exact) mass is 300 g/mol.